The van der Waals surface area contributed by atoms with Gasteiger partial charge in [0.25, 0.3) is 0 Å². The first-order valence-electron chi connectivity index (χ1n) is 11.2. The van der Waals surface area contributed by atoms with Crippen molar-refractivity contribution in [3.63, 3.8) is 0 Å². The summed E-state index contributed by atoms with van der Waals surface area (Å²) >= 11 is 0. The number of nitrogens with two attached hydrogens (primary N) is 1. The quantitative estimate of drug-likeness (QED) is 0.645. The summed E-state index contributed by atoms with van der Waals surface area (Å²) in [7, 11) is 0. The highest BCUT2D eigenvalue weighted by Gasteiger charge is 2.70. The summed E-state index contributed by atoms with van der Waals surface area (Å²) < 4.78 is 40.9. The third kappa shape index (κ3) is 4.54. The number of rotatable bonds is 3. The number of aryl methyl sites for hydroxylation is 1. The zero-order valence-corrected chi connectivity index (χ0v) is 19.3. The van der Waals surface area contributed by atoms with Crippen molar-refractivity contribution in [2.45, 2.75) is 44.9 Å². The number of nitrogens with one attached hydrogen (secondary N) is 1. The second kappa shape index (κ2) is 8.86. The second-order valence-electron chi connectivity index (χ2n) is 9.15. The zero-order valence-electron chi connectivity index (χ0n) is 19.3. The van der Waals surface area contributed by atoms with Crippen LogP contribution in [0.15, 0.2) is 42.6 Å². The van der Waals surface area contributed by atoms with Crippen LogP contribution in [0.25, 0.3) is 0 Å². The monoisotopic (exact) mass is 489 g/mol. The molecule has 2 heterocycles. The molecule has 0 spiro atoms. The van der Waals surface area contributed by atoms with E-state index in [2.05, 4.69) is 10.3 Å². The van der Waals surface area contributed by atoms with Crippen LogP contribution >= 0.6 is 0 Å². The molecule has 1 aromatic heterocycles. The Kier molecular flexibility index (Phi) is 6.20. The van der Waals surface area contributed by atoms with E-state index in [9.17, 15) is 27.6 Å². The summed E-state index contributed by atoms with van der Waals surface area (Å²) in [5.74, 6) is -2.46. The lowest BCUT2D eigenvalue weighted by Crippen LogP contribution is -2.60. The van der Waals surface area contributed by atoms with Gasteiger partial charge in [0.05, 0.1) is 17.9 Å². The van der Waals surface area contributed by atoms with Crippen LogP contribution < -0.4 is 11.1 Å². The number of nitrogen functional groups attached to an aromatic ring is 1. The second-order valence-corrected chi connectivity index (χ2v) is 9.15. The van der Waals surface area contributed by atoms with Crippen LogP contribution in [-0.4, -0.2) is 57.8 Å². The van der Waals surface area contributed by atoms with Gasteiger partial charge >= 0.3 is 18.0 Å². The maximum atomic E-state index is 13.6. The first-order chi connectivity index (χ1) is 16.4. The lowest BCUT2D eigenvalue weighted by atomic mass is 9.96. The number of nitrogens with zero attached hydrogens (tertiary/aromatic N) is 3. The summed E-state index contributed by atoms with van der Waals surface area (Å²) in [4.78, 5) is 45.5. The molecule has 8 nitrogen and oxygen atoms in total. The Morgan fingerprint density at radius 3 is 2.34 bits per heavy atom. The summed E-state index contributed by atoms with van der Waals surface area (Å²) in [5.41, 5.74) is 4.86. The third-order valence-corrected chi connectivity index (χ3v) is 6.72. The number of hydrogen-bond acceptors (Lipinski definition) is 5. The van der Waals surface area contributed by atoms with Crippen molar-refractivity contribution in [1.82, 2.24) is 14.8 Å². The molecule has 3 amide bonds. The zero-order chi connectivity index (χ0) is 25.5. The number of amides is 3. The third-order valence-electron chi connectivity index (χ3n) is 6.72. The molecular formula is C24H26F3N5O3. The van der Waals surface area contributed by atoms with Gasteiger partial charge in [-0.15, -0.1) is 0 Å². The van der Waals surface area contributed by atoms with E-state index in [-0.39, 0.29) is 31.6 Å². The fourth-order valence-corrected chi connectivity index (χ4v) is 4.43. The van der Waals surface area contributed by atoms with Crippen molar-refractivity contribution in [1.29, 1.82) is 0 Å². The summed E-state index contributed by atoms with van der Waals surface area (Å²) in [6, 6.07) is 8.72. The maximum absolute atomic E-state index is 13.6. The maximum Gasteiger partial charge on any atom is 0.403 e. The topological polar surface area (TPSA) is 109 Å². The minimum atomic E-state index is -4.63. The SMILES string of the molecule is Cc1cc(NC(=O)C(=O)N2C[C@@H](C)N(C(=O)C3(C(F)(F)F)CC3)C[C@@H]2c2ccccc2)cnc1N. The molecular weight excluding hydrogens is 463 g/mol. The van der Waals surface area contributed by atoms with Gasteiger partial charge in [-0.1, -0.05) is 30.3 Å². The van der Waals surface area contributed by atoms with Gasteiger partial charge in [0.1, 0.15) is 11.2 Å². The van der Waals surface area contributed by atoms with Crippen LogP contribution in [0.3, 0.4) is 0 Å². The Balaban J connectivity index is 1.59. The molecule has 2 fully saturated rings. The largest absolute Gasteiger partial charge is 0.403 e. The Labute approximate surface area is 200 Å². The van der Waals surface area contributed by atoms with Crippen LogP contribution in [-0.2, 0) is 14.4 Å². The molecule has 1 saturated carbocycles. The number of aromatic nitrogens is 1. The average Bonchev–Trinajstić information content (AvgIpc) is 3.63. The summed E-state index contributed by atoms with van der Waals surface area (Å²) in [5, 5.41) is 2.50. The van der Waals surface area contributed by atoms with Crippen molar-refractivity contribution in [2.24, 2.45) is 5.41 Å². The predicted octanol–water partition coefficient (Wildman–Crippen LogP) is 3.05. The van der Waals surface area contributed by atoms with Crippen LogP contribution in [0.2, 0.25) is 0 Å². The van der Waals surface area contributed by atoms with E-state index in [0.717, 1.165) is 0 Å². The number of benzene rings is 1. The number of alkyl halides is 3. The molecule has 186 valence electrons. The van der Waals surface area contributed by atoms with Crippen molar-refractivity contribution in [3.05, 3.63) is 53.7 Å². The van der Waals surface area contributed by atoms with E-state index < -0.39 is 41.4 Å². The highest BCUT2D eigenvalue weighted by atomic mass is 19.4. The molecule has 35 heavy (non-hydrogen) atoms. The average molecular weight is 489 g/mol. The molecule has 11 heteroatoms. The molecule has 0 bridgehead atoms. The predicted molar refractivity (Wildman–Crippen MR) is 122 cm³/mol. The Hall–Kier alpha value is -3.63. The Morgan fingerprint density at radius 1 is 1.11 bits per heavy atom. The molecule has 2 atom stereocenters. The van der Waals surface area contributed by atoms with Crippen LogP contribution in [0, 0.1) is 12.3 Å². The minimum Gasteiger partial charge on any atom is -0.383 e. The van der Waals surface area contributed by atoms with Crippen molar-refractivity contribution >= 4 is 29.2 Å². The van der Waals surface area contributed by atoms with Gasteiger partial charge in [0.2, 0.25) is 5.91 Å². The lowest BCUT2D eigenvalue weighted by Gasteiger charge is -2.46. The number of halogens is 3. The highest BCUT2D eigenvalue weighted by molar-refractivity contribution is 6.39. The molecule has 0 radical (unpaired) electrons. The molecule has 1 saturated heterocycles. The molecule has 4 rings (SSSR count). The first-order valence-corrected chi connectivity index (χ1v) is 11.2. The lowest BCUT2D eigenvalue weighted by molar-refractivity contribution is -0.201. The van der Waals surface area contributed by atoms with E-state index in [4.69, 9.17) is 5.73 Å². The number of hydrogen-bond donors (Lipinski definition) is 2. The van der Waals surface area contributed by atoms with Gasteiger partial charge in [0.15, 0.2) is 0 Å². The van der Waals surface area contributed by atoms with Gasteiger partial charge in [-0.05, 0) is 43.9 Å². The molecule has 1 aromatic carbocycles. The van der Waals surface area contributed by atoms with Crippen LogP contribution in [0.4, 0.5) is 24.7 Å². The highest BCUT2D eigenvalue weighted by Crippen LogP contribution is 2.59. The smallest absolute Gasteiger partial charge is 0.383 e. The Morgan fingerprint density at radius 2 is 1.77 bits per heavy atom. The molecule has 2 aromatic rings. The first kappa shape index (κ1) is 24.5. The van der Waals surface area contributed by atoms with E-state index >= 15 is 0 Å². The molecule has 3 N–H and O–H groups in total. The van der Waals surface area contributed by atoms with Gasteiger partial charge in [-0.2, -0.15) is 13.2 Å². The van der Waals surface area contributed by atoms with Crippen LogP contribution in [0.5, 0.6) is 0 Å². The van der Waals surface area contributed by atoms with E-state index in [1.54, 1.807) is 50.2 Å². The summed E-state index contributed by atoms with van der Waals surface area (Å²) in [6.45, 7) is 3.04. The normalized spacial score (nSPS) is 21.4. The summed E-state index contributed by atoms with van der Waals surface area (Å²) in [6.07, 6.45) is -3.79. The van der Waals surface area contributed by atoms with Crippen LogP contribution in [0.1, 0.15) is 36.9 Å². The molecule has 0 unspecified atom stereocenters. The van der Waals surface area contributed by atoms with Crippen molar-refractivity contribution in [3.8, 4) is 0 Å². The van der Waals surface area contributed by atoms with E-state index in [0.29, 0.717) is 16.9 Å². The fourth-order valence-electron chi connectivity index (χ4n) is 4.43. The number of piperazine rings is 1. The van der Waals surface area contributed by atoms with E-state index in [1.807, 2.05) is 0 Å². The number of pyridine rings is 1. The van der Waals surface area contributed by atoms with Gasteiger partial charge < -0.3 is 20.9 Å². The minimum absolute atomic E-state index is 0.0928. The number of anilines is 2. The van der Waals surface area contributed by atoms with Crippen molar-refractivity contribution in [2.75, 3.05) is 24.1 Å². The van der Waals surface area contributed by atoms with E-state index in [1.165, 1.54) is 16.0 Å². The van der Waals surface area contributed by atoms with Gasteiger partial charge in [-0.3, -0.25) is 14.4 Å². The molecule has 2 aliphatic rings. The fraction of sp³-hybridized carbons (Fsp3) is 0.417. The van der Waals surface area contributed by atoms with Gasteiger partial charge in [0, 0.05) is 19.1 Å². The van der Waals surface area contributed by atoms with Crippen molar-refractivity contribution < 1.29 is 27.6 Å². The van der Waals surface area contributed by atoms with Gasteiger partial charge in [-0.25, -0.2) is 4.98 Å². The number of carbonyl (C=O) groups excluding carboxylic acids is 3. The molecule has 1 aliphatic heterocycles. The molecule has 1 aliphatic carbocycles. The Bertz CT molecular complexity index is 1150. The number of carbonyl (C=O) groups is 3. The standard InChI is InChI=1S/C24H26F3N5O3/c1-14-10-17(11-29-19(14)28)30-20(33)21(34)32-12-15(2)31(13-18(32)16-6-4-3-5-7-16)22(35)23(8-9-23)24(25,26)27/h3-7,10-11,15,18H,8-9,12-13H2,1-2H3,(H2,28,29)(H,30,33)/t15-,18-/m1/s1.